The predicted molar refractivity (Wildman–Crippen MR) is 143 cm³/mol. The number of nitrogens with one attached hydrogen (secondary N) is 2. The number of anilines is 1. The fraction of sp³-hybridized carbons (Fsp3) is 0.107. The number of aromatic amines is 1. The molecule has 1 amide bonds. The Morgan fingerprint density at radius 2 is 1.64 bits per heavy atom. The molecule has 0 spiro atoms. The molecule has 0 radical (unpaired) electrons. The molecule has 0 aliphatic heterocycles. The zero-order valence-corrected chi connectivity index (χ0v) is 20.8. The maximum Gasteiger partial charge on any atom is 0.258 e. The summed E-state index contributed by atoms with van der Waals surface area (Å²) in [5.74, 6) is 0.867. The van der Waals surface area contributed by atoms with Crippen LogP contribution in [0, 0.1) is 0 Å². The lowest BCUT2D eigenvalue weighted by Crippen LogP contribution is -2.13. The third kappa shape index (κ3) is 4.78. The van der Waals surface area contributed by atoms with Crippen molar-refractivity contribution in [2.45, 2.75) is 12.3 Å². The Hall–Kier alpha value is -3.87. The fourth-order valence-electron chi connectivity index (χ4n) is 4.22. The Kier molecular flexibility index (Phi) is 6.89. The quantitative estimate of drug-likeness (QED) is 0.246. The average molecular weight is 517 g/mol. The van der Waals surface area contributed by atoms with Crippen LogP contribution in [0.3, 0.4) is 0 Å². The molecule has 6 nitrogen and oxygen atoms in total. The number of ether oxygens (including phenoxy) is 1. The second-order valence-corrected chi connectivity index (χ2v) is 9.06. The van der Waals surface area contributed by atoms with E-state index in [0.29, 0.717) is 28.0 Å². The van der Waals surface area contributed by atoms with E-state index in [1.54, 1.807) is 19.2 Å². The molecule has 0 unspecified atom stereocenters. The lowest BCUT2D eigenvalue weighted by Gasteiger charge is -2.15. The van der Waals surface area contributed by atoms with Gasteiger partial charge in [0.1, 0.15) is 22.6 Å². The van der Waals surface area contributed by atoms with E-state index in [-0.39, 0.29) is 16.0 Å². The first-order valence-electron chi connectivity index (χ1n) is 11.3. The maximum absolute atomic E-state index is 13.3. The lowest BCUT2D eigenvalue weighted by molar-refractivity contribution is 0.102. The summed E-state index contributed by atoms with van der Waals surface area (Å²) in [6.45, 7) is 0. The minimum atomic E-state index is -0.393. The van der Waals surface area contributed by atoms with E-state index >= 15 is 0 Å². The van der Waals surface area contributed by atoms with Crippen molar-refractivity contribution >= 4 is 45.8 Å². The van der Waals surface area contributed by atoms with Crippen LogP contribution in [0.4, 0.5) is 5.69 Å². The van der Waals surface area contributed by atoms with Gasteiger partial charge in [0.05, 0.1) is 28.4 Å². The van der Waals surface area contributed by atoms with Gasteiger partial charge < -0.3 is 15.0 Å². The molecule has 3 aromatic carbocycles. The smallest absolute Gasteiger partial charge is 0.258 e. The van der Waals surface area contributed by atoms with E-state index in [9.17, 15) is 4.79 Å². The summed E-state index contributed by atoms with van der Waals surface area (Å²) in [5, 5.41) is 3.29. The minimum Gasteiger partial charge on any atom is -0.494 e. The molecule has 0 saturated heterocycles. The number of H-pyrrole nitrogens is 1. The number of amides is 1. The molecule has 180 valence electrons. The van der Waals surface area contributed by atoms with Crippen molar-refractivity contribution in [1.29, 1.82) is 0 Å². The summed E-state index contributed by atoms with van der Waals surface area (Å²) in [6.07, 6.45) is 3.58. The SMILES string of the molecule is COc1ccc(C(=O)Nc2c(Cl)cncc2Cl)c2nc([C@H](Cc3ccccc3)c3ccccc3)[nH]c12. The van der Waals surface area contributed by atoms with Gasteiger partial charge in [0.2, 0.25) is 0 Å². The van der Waals surface area contributed by atoms with E-state index in [1.807, 2.05) is 36.4 Å². The molecule has 8 heteroatoms. The minimum absolute atomic E-state index is 0.0642. The molecule has 1 atom stereocenters. The number of hydrogen-bond acceptors (Lipinski definition) is 4. The molecule has 0 aliphatic rings. The zero-order valence-electron chi connectivity index (χ0n) is 19.3. The first kappa shape index (κ1) is 23.9. The third-order valence-corrected chi connectivity index (χ3v) is 6.57. The fourth-order valence-corrected chi connectivity index (χ4v) is 4.68. The van der Waals surface area contributed by atoms with Gasteiger partial charge in [0.15, 0.2) is 0 Å². The molecule has 0 aliphatic carbocycles. The van der Waals surface area contributed by atoms with Crippen molar-refractivity contribution < 1.29 is 9.53 Å². The highest BCUT2D eigenvalue weighted by Crippen LogP contribution is 2.34. The van der Waals surface area contributed by atoms with Gasteiger partial charge in [-0.3, -0.25) is 9.78 Å². The summed E-state index contributed by atoms with van der Waals surface area (Å²) >= 11 is 12.4. The van der Waals surface area contributed by atoms with Crippen LogP contribution in [0.25, 0.3) is 11.0 Å². The Morgan fingerprint density at radius 1 is 0.972 bits per heavy atom. The molecule has 36 heavy (non-hydrogen) atoms. The topological polar surface area (TPSA) is 79.9 Å². The van der Waals surface area contributed by atoms with Crippen LogP contribution in [-0.4, -0.2) is 28.0 Å². The third-order valence-electron chi connectivity index (χ3n) is 6.00. The summed E-state index contributed by atoms with van der Waals surface area (Å²) in [4.78, 5) is 25.6. The van der Waals surface area contributed by atoms with Crippen molar-refractivity contribution in [2.75, 3.05) is 12.4 Å². The molecule has 2 heterocycles. The first-order valence-corrected chi connectivity index (χ1v) is 12.1. The molecule has 0 saturated carbocycles. The van der Waals surface area contributed by atoms with Crippen molar-refractivity contribution in [3.8, 4) is 5.75 Å². The van der Waals surface area contributed by atoms with Crippen LogP contribution in [0.15, 0.2) is 85.2 Å². The van der Waals surface area contributed by atoms with E-state index in [0.717, 1.165) is 17.8 Å². The molecule has 5 aromatic rings. The van der Waals surface area contributed by atoms with Crippen LogP contribution >= 0.6 is 23.2 Å². The van der Waals surface area contributed by atoms with Gasteiger partial charge in [-0.25, -0.2) is 4.98 Å². The Bertz CT molecular complexity index is 1500. The number of methoxy groups -OCH3 is 1. The van der Waals surface area contributed by atoms with Gasteiger partial charge in [-0.15, -0.1) is 0 Å². The van der Waals surface area contributed by atoms with Crippen molar-refractivity contribution in [3.05, 3.63) is 118 Å². The number of pyridine rings is 1. The monoisotopic (exact) mass is 516 g/mol. The summed E-state index contributed by atoms with van der Waals surface area (Å²) < 4.78 is 5.58. The van der Waals surface area contributed by atoms with Crippen LogP contribution in [0.2, 0.25) is 10.0 Å². The number of imidazole rings is 1. The van der Waals surface area contributed by atoms with Gasteiger partial charge >= 0.3 is 0 Å². The number of hydrogen-bond donors (Lipinski definition) is 2. The highest BCUT2D eigenvalue weighted by Gasteiger charge is 2.24. The number of carbonyl (C=O) groups is 1. The number of halogens is 2. The molecule has 5 rings (SSSR count). The van der Waals surface area contributed by atoms with E-state index in [1.165, 1.54) is 18.0 Å². The number of carbonyl (C=O) groups excluding carboxylic acids is 1. The number of benzene rings is 3. The van der Waals surface area contributed by atoms with Crippen LogP contribution in [0.5, 0.6) is 5.75 Å². The second-order valence-electron chi connectivity index (χ2n) is 8.25. The molecule has 2 aromatic heterocycles. The first-order chi connectivity index (χ1) is 17.5. The van der Waals surface area contributed by atoms with E-state index in [4.69, 9.17) is 32.9 Å². The van der Waals surface area contributed by atoms with Gasteiger partial charge in [-0.1, -0.05) is 83.9 Å². The number of aromatic nitrogens is 3. The van der Waals surface area contributed by atoms with Crippen LogP contribution in [-0.2, 0) is 6.42 Å². The lowest BCUT2D eigenvalue weighted by atomic mass is 9.91. The molecule has 0 bridgehead atoms. The van der Waals surface area contributed by atoms with Crippen molar-refractivity contribution in [3.63, 3.8) is 0 Å². The van der Waals surface area contributed by atoms with Gasteiger partial charge in [-0.05, 0) is 29.7 Å². The molecular weight excluding hydrogens is 495 g/mol. The highest BCUT2D eigenvalue weighted by atomic mass is 35.5. The van der Waals surface area contributed by atoms with Crippen molar-refractivity contribution in [2.24, 2.45) is 0 Å². The predicted octanol–water partition coefficient (Wildman–Crippen LogP) is 6.90. The maximum atomic E-state index is 13.3. The van der Waals surface area contributed by atoms with Gasteiger partial charge in [-0.2, -0.15) is 0 Å². The normalized spacial score (nSPS) is 11.9. The summed E-state index contributed by atoms with van der Waals surface area (Å²) in [5.41, 5.74) is 4.09. The molecular formula is C28H22Cl2N4O2. The van der Waals surface area contributed by atoms with E-state index < -0.39 is 5.91 Å². The zero-order chi connectivity index (χ0) is 25.1. The Labute approximate surface area is 218 Å². The van der Waals surface area contributed by atoms with Crippen LogP contribution < -0.4 is 10.1 Å². The second kappa shape index (κ2) is 10.4. The standard InChI is InChI=1S/C28H22Cl2N4O2/c1-36-23-13-12-19(28(35)34-25-21(29)15-31-16-22(25)30)24-26(23)33-27(32-24)20(18-10-6-3-7-11-18)14-17-8-4-2-5-9-17/h2-13,15-16,20H,14H2,1H3,(H,32,33)(H,31,34,35)/t20-/m1/s1. The Balaban J connectivity index is 1.60. The van der Waals surface area contributed by atoms with Gasteiger partial charge in [0, 0.05) is 18.3 Å². The number of fused-ring (bicyclic) bond motifs is 1. The number of nitrogens with zero attached hydrogens (tertiary/aromatic N) is 2. The van der Waals surface area contributed by atoms with Crippen molar-refractivity contribution in [1.82, 2.24) is 15.0 Å². The van der Waals surface area contributed by atoms with E-state index in [2.05, 4.69) is 39.6 Å². The molecule has 2 N–H and O–H groups in total. The highest BCUT2D eigenvalue weighted by molar-refractivity contribution is 6.39. The number of rotatable bonds is 7. The summed E-state index contributed by atoms with van der Waals surface area (Å²) in [7, 11) is 1.59. The molecule has 0 fully saturated rings. The largest absolute Gasteiger partial charge is 0.494 e. The van der Waals surface area contributed by atoms with Gasteiger partial charge in [0.25, 0.3) is 5.91 Å². The Morgan fingerprint density at radius 3 is 2.31 bits per heavy atom. The summed E-state index contributed by atoms with van der Waals surface area (Å²) in [6, 6.07) is 23.8. The van der Waals surface area contributed by atoms with Crippen LogP contribution in [0.1, 0.15) is 33.2 Å². The average Bonchev–Trinajstić information content (AvgIpc) is 3.35.